The maximum Gasteiger partial charge on any atom is 0.137 e. The van der Waals surface area contributed by atoms with Gasteiger partial charge < -0.3 is 0 Å². The number of benzene rings is 1. The SMILES string of the molecule is N#C/C(=C(\Cl)c1c(F)cc(F)cc1F)c1ccncc1. The minimum atomic E-state index is -1.17. The zero-order valence-corrected chi connectivity index (χ0v) is 10.6. The molecule has 0 aliphatic carbocycles. The van der Waals surface area contributed by atoms with Crippen molar-refractivity contribution in [1.82, 2.24) is 4.98 Å². The van der Waals surface area contributed by atoms with E-state index in [1.165, 1.54) is 24.5 Å². The normalized spacial score (nSPS) is 11.8. The average molecular weight is 295 g/mol. The molecule has 1 aromatic heterocycles. The summed E-state index contributed by atoms with van der Waals surface area (Å²) in [4.78, 5) is 3.77. The van der Waals surface area contributed by atoms with Crippen molar-refractivity contribution in [3.63, 3.8) is 0 Å². The van der Waals surface area contributed by atoms with Crippen molar-refractivity contribution < 1.29 is 13.2 Å². The first-order chi connectivity index (χ1) is 9.54. The van der Waals surface area contributed by atoms with Crippen LogP contribution < -0.4 is 0 Å². The molecule has 1 aromatic carbocycles. The Morgan fingerprint density at radius 1 is 1.10 bits per heavy atom. The highest BCUT2D eigenvalue weighted by atomic mass is 35.5. The molecule has 0 saturated heterocycles. The molecular weight excluding hydrogens is 289 g/mol. The van der Waals surface area contributed by atoms with E-state index >= 15 is 0 Å². The molecule has 0 radical (unpaired) electrons. The van der Waals surface area contributed by atoms with Crippen LogP contribution in [0.3, 0.4) is 0 Å². The summed E-state index contributed by atoms with van der Waals surface area (Å²) in [6.07, 6.45) is 2.82. The lowest BCUT2D eigenvalue weighted by Crippen LogP contribution is -1.96. The number of nitriles is 1. The summed E-state index contributed by atoms with van der Waals surface area (Å²) in [5.41, 5.74) is -0.407. The zero-order chi connectivity index (χ0) is 14.7. The van der Waals surface area contributed by atoms with E-state index in [2.05, 4.69) is 4.98 Å². The standard InChI is InChI=1S/C14H6ClF3N2/c15-14(10(7-19)8-1-3-20-4-2-8)13-11(17)5-9(16)6-12(13)18/h1-6H/b14-10+. The number of halogens is 4. The Morgan fingerprint density at radius 2 is 1.65 bits per heavy atom. The molecule has 0 unspecified atom stereocenters. The van der Waals surface area contributed by atoms with Crippen LogP contribution in [0.4, 0.5) is 13.2 Å². The fourth-order valence-electron chi connectivity index (χ4n) is 1.64. The maximum atomic E-state index is 13.7. The predicted octanol–water partition coefficient (Wildman–Crippen LogP) is 4.13. The highest BCUT2D eigenvalue weighted by Gasteiger charge is 2.18. The Bertz CT molecular complexity index is 698. The summed E-state index contributed by atoms with van der Waals surface area (Å²) in [7, 11) is 0. The quantitative estimate of drug-likeness (QED) is 0.781. The Kier molecular flexibility index (Phi) is 4.06. The van der Waals surface area contributed by atoms with Crippen LogP contribution in [0, 0.1) is 28.8 Å². The molecule has 2 nitrogen and oxygen atoms in total. The van der Waals surface area contributed by atoms with E-state index in [0.29, 0.717) is 17.7 Å². The number of pyridine rings is 1. The summed E-state index contributed by atoms with van der Waals surface area (Å²) < 4.78 is 40.2. The van der Waals surface area contributed by atoms with Crippen LogP contribution in [-0.2, 0) is 0 Å². The molecule has 2 rings (SSSR count). The smallest absolute Gasteiger partial charge is 0.137 e. The van der Waals surface area contributed by atoms with Gasteiger partial charge in [-0.3, -0.25) is 4.98 Å². The molecule has 1 heterocycles. The molecule has 0 N–H and O–H groups in total. The van der Waals surface area contributed by atoms with Crippen LogP contribution in [0.25, 0.3) is 10.6 Å². The van der Waals surface area contributed by atoms with Crippen molar-refractivity contribution in [2.45, 2.75) is 0 Å². The van der Waals surface area contributed by atoms with Gasteiger partial charge in [0, 0.05) is 24.5 Å². The molecule has 0 amide bonds. The third-order valence-electron chi connectivity index (χ3n) is 2.53. The number of hydrogen-bond donors (Lipinski definition) is 0. The average Bonchev–Trinajstić information content (AvgIpc) is 2.39. The van der Waals surface area contributed by atoms with Crippen molar-refractivity contribution in [3.8, 4) is 6.07 Å². The van der Waals surface area contributed by atoms with E-state index in [0.717, 1.165) is 0 Å². The van der Waals surface area contributed by atoms with Gasteiger partial charge in [-0.2, -0.15) is 5.26 Å². The van der Waals surface area contributed by atoms with Gasteiger partial charge >= 0.3 is 0 Å². The second-order valence-corrected chi connectivity index (χ2v) is 4.16. The van der Waals surface area contributed by atoms with Gasteiger partial charge in [0.25, 0.3) is 0 Å². The first-order valence-corrected chi connectivity index (χ1v) is 5.77. The molecule has 0 aliphatic rings. The first kappa shape index (κ1) is 14.1. The molecular formula is C14H6ClF3N2. The largest absolute Gasteiger partial charge is 0.265 e. The molecule has 0 fully saturated rings. The van der Waals surface area contributed by atoms with Crippen molar-refractivity contribution >= 4 is 22.2 Å². The maximum absolute atomic E-state index is 13.7. The van der Waals surface area contributed by atoms with E-state index in [1.807, 2.05) is 0 Å². The molecule has 0 spiro atoms. The van der Waals surface area contributed by atoms with Crippen LogP contribution in [0.1, 0.15) is 11.1 Å². The van der Waals surface area contributed by atoms with Crippen LogP contribution in [0.2, 0.25) is 0 Å². The predicted molar refractivity (Wildman–Crippen MR) is 68.8 cm³/mol. The van der Waals surface area contributed by atoms with Gasteiger partial charge in [0.15, 0.2) is 0 Å². The summed E-state index contributed by atoms with van der Waals surface area (Å²) in [6.45, 7) is 0. The third-order valence-corrected chi connectivity index (χ3v) is 2.90. The van der Waals surface area contributed by atoms with Gasteiger partial charge in [-0.25, -0.2) is 13.2 Å². The van der Waals surface area contributed by atoms with Gasteiger partial charge in [-0.1, -0.05) is 11.6 Å². The minimum absolute atomic E-state index is 0.126. The van der Waals surface area contributed by atoms with Gasteiger partial charge in [0.1, 0.15) is 23.5 Å². The zero-order valence-electron chi connectivity index (χ0n) is 9.87. The Morgan fingerprint density at radius 3 is 2.15 bits per heavy atom. The number of hydrogen-bond acceptors (Lipinski definition) is 2. The molecule has 0 bridgehead atoms. The van der Waals surface area contributed by atoms with Gasteiger partial charge in [-0.15, -0.1) is 0 Å². The lowest BCUT2D eigenvalue weighted by Gasteiger charge is -2.07. The number of nitrogens with zero attached hydrogens (tertiary/aromatic N) is 2. The lowest BCUT2D eigenvalue weighted by molar-refractivity contribution is 0.540. The molecule has 0 atom stereocenters. The summed E-state index contributed by atoms with van der Waals surface area (Å²) in [6, 6.07) is 5.73. The van der Waals surface area contributed by atoms with Crippen molar-refractivity contribution in [1.29, 1.82) is 5.26 Å². The van der Waals surface area contributed by atoms with E-state index in [9.17, 15) is 13.2 Å². The third kappa shape index (κ3) is 2.65. The van der Waals surface area contributed by atoms with Crippen molar-refractivity contribution in [3.05, 3.63) is 65.2 Å². The van der Waals surface area contributed by atoms with Crippen LogP contribution in [-0.4, -0.2) is 4.98 Å². The highest BCUT2D eigenvalue weighted by molar-refractivity contribution is 6.53. The molecule has 0 saturated carbocycles. The molecule has 20 heavy (non-hydrogen) atoms. The molecule has 100 valence electrons. The van der Waals surface area contributed by atoms with E-state index in [1.54, 1.807) is 6.07 Å². The van der Waals surface area contributed by atoms with Gasteiger partial charge in [0.05, 0.1) is 16.2 Å². The van der Waals surface area contributed by atoms with E-state index in [-0.39, 0.29) is 5.57 Å². The molecule has 2 aromatic rings. The Labute approximate surface area is 117 Å². The molecule has 0 aliphatic heterocycles. The number of allylic oxidation sites excluding steroid dienone is 1. The van der Waals surface area contributed by atoms with Gasteiger partial charge in [0.2, 0.25) is 0 Å². The van der Waals surface area contributed by atoms with E-state index < -0.39 is 28.0 Å². The van der Waals surface area contributed by atoms with Crippen LogP contribution >= 0.6 is 11.6 Å². The second-order valence-electron chi connectivity index (χ2n) is 3.78. The Hall–Kier alpha value is -2.32. The number of rotatable bonds is 2. The fraction of sp³-hybridized carbons (Fsp3) is 0. The topological polar surface area (TPSA) is 36.7 Å². The summed E-state index contributed by atoms with van der Waals surface area (Å²) in [5.74, 6) is -3.40. The number of aromatic nitrogens is 1. The monoisotopic (exact) mass is 294 g/mol. The second kappa shape index (κ2) is 5.76. The fourth-order valence-corrected chi connectivity index (χ4v) is 1.97. The Balaban J connectivity index is 2.68. The minimum Gasteiger partial charge on any atom is -0.265 e. The highest BCUT2D eigenvalue weighted by Crippen LogP contribution is 2.32. The first-order valence-electron chi connectivity index (χ1n) is 5.39. The van der Waals surface area contributed by atoms with Crippen LogP contribution in [0.15, 0.2) is 36.7 Å². The lowest BCUT2D eigenvalue weighted by atomic mass is 10.0. The van der Waals surface area contributed by atoms with E-state index in [4.69, 9.17) is 16.9 Å². The van der Waals surface area contributed by atoms with Gasteiger partial charge in [-0.05, 0) is 17.7 Å². The molecule has 6 heteroatoms. The van der Waals surface area contributed by atoms with Crippen molar-refractivity contribution in [2.24, 2.45) is 0 Å². The van der Waals surface area contributed by atoms with Crippen LogP contribution in [0.5, 0.6) is 0 Å². The summed E-state index contributed by atoms with van der Waals surface area (Å²) in [5, 5.41) is 8.69. The summed E-state index contributed by atoms with van der Waals surface area (Å²) >= 11 is 5.90. The van der Waals surface area contributed by atoms with Crippen molar-refractivity contribution in [2.75, 3.05) is 0 Å².